The zero-order chi connectivity index (χ0) is 21.1. The van der Waals surface area contributed by atoms with Gasteiger partial charge in [0.2, 0.25) is 5.91 Å². The number of hydrogen-bond donors (Lipinski definition) is 2. The molecule has 0 saturated heterocycles. The number of aromatic nitrogens is 1. The van der Waals surface area contributed by atoms with E-state index in [9.17, 15) is 14.0 Å². The van der Waals surface area contributed by atoms with E-state index in [1.54, 1.807) is 36.6 Å². The van der Waals surface area contributed by atoms with Crippen molar-refractivity contribution in [3.63, 3.8) is 0 Å². The number of rotatable bonds is 7. The molecular weight excluding hydrogens is 401 g/mol. The molecular formula is C23H28FN3O2S. The van der Waals surface area contributed by atoms with Gasteiger partial charge in [0.1, 0.15) is 10.8 Å². The van der Waals surface area contributed by atoms with Gasteiger partial charge in [-0.3, -0.25) is 9.59 Å². The molecule has 0 radical (unpaired) electrons. The van der Waals surface area contributed by atoms with Crippen LogP contribution in [0.25, 0.3) is 0 Å². The summed E-state index contributed by atoms with van der Waals surface area (Å²) in [5.41, 5.74) is 0.895. The molecule has 2 saturated carbocycles. The molecule has 2 aliphatic rings. The summed E-state index contributed by atoms with van der Waals surface area (Å²) in [5, 5.41) is 9.16. The van der Waals surface area contributed by atoms with Crippen molar-refractivity contribution in [3.05, 3.63) is 51.7 Å². The van der Waals surface area contributed by atoms with Crippen LogP contribution < -0.4 is 10.6 Å². The van der Waals surface area contributed by atoms with E-state index in [1.165, 1.54) is 6.07 Å². The van der Waals surface area contributed by atoms with Crippen molar-refractivity contribution in [1.29, 1.82) is 0 Å². The third-order valence-corrected chi connectivity index (χ3v) is 7.17. The van der Waals surface area contributed by atoms with Gasteiger partial charge in [-0.05, 0) is 75.0 Å². The van der Waals surface area contributed by atoms with Gasteiger partial charge in [-0.15, -0.1) is 11.3 Å². The Morgan fingerprint density at radius 2 is 1.97 bits per heavy atom. The van der Waals surface area contributed by atoms with E-state index >= 15 is 0 Å². The highest BCUT2D eigenvalue weighted by Crippen LogP contribution is 2.38. The van der Waals surface area contributed by atoms with E-state index in [1.807, 2.05) is 5.38 Å². The van der Waals surface area contributed by atoms with Crippen LogP contribution in [0, 0.1) is 30.5 Å². The summed E-state index contributed by atoms with van der Waals surface area (Å²) in [4.78, 5) is 29.2. The molecule has 1 heterocycles. The first-order valence-corrected chi connectivity index (χ1v) is 11.6. The summed E-state index contributed by atoms with van der Waals surface area (Å²) in [6, 6.07) is 4.57. The van der Waals surface area contributed by atoms with Crippen molar-refractivity contribution < 1.29 is 14.0 Å². The molecule has 2 N–H and O–H groups in total. The normalized spacial score (nSPS) is 22.3. The van der Waals surface area contributed by atoms with Crippen LogP contribution >= 0.6 is 11.3 Å². The number of nitrogens with zero attached hydrogens (tertiary/aromatic N) is 1. The molecule has 0 aliphatic heterocycles. The molecule has 160 valence electrons. The molecule has 2 amide bonds. The summed E-state index contributed by atoms with van der Waals surface area (Å²) < 4.78 is 13.7. The lowest BCUT2D eigenvalue weighted by Gasteiger charge is -2.33. The number of aryl methyl sites for hydroxylation is 1. The van der Waals surface area contributed by atoms with Crippen LogP contribution in [0.2, 0.25) is 0 Å². The van der Waals surface area contributed by atoms with Gasteiger partial charge in [0.05, 0.1) is 6.04 Å². The van der Waals surface area contributed by atoms with Crippen LogP contribution in [-0.4, -0.2) is 23.3 Å². The van der Waals surface area contributed by atoms with Crippen LogP contribution in [-0.2, 0) is 4.79 Å². The average Bonchev–Trinajstić information content (AvgIpc) is 3.47. The fourth-order valence-electron chi connectivity index (χ4n) is 4.18. The van der Waals surface area contributed by atoms with Crippen LogP contribution in [0.5, 0.6) is 0 Å². The van der Waals surface area contributed by atoms with Crippen molar-refractivity contribution in [2.75, 3.05) is 6.54 Å². The Morgan fingerprint density at radius 3 is 2.60 bits per heavy atom. The van der Waals surface area contributed by atoms with Crippen LogP contribution in [0.4, 0.5) is 4.39 Å². The maximum absolute atomic E-state index is 13.7. The Hall–Kier alpha value is -2.28. The Bertz CT molecular complexity index is 890. The molecule has 7 heteroatoms. The largest absolute Gasteiger partial charge is 0.352 e. The second-order valence-electron chi connectivity index (χ2n) is 8.59. The predicted octanol–water partition coefficient (Wildman–Crippen LogP) is 4.39. The molecule has 2 fully saturated rings. The van der Waals surface area contributed by atoms with Gasteiger partial charge in [-0.1, -0.05) is 6.07 Å². The summed E-state index contributed by atoms with van der Waals surface area (Å²) in [6.45, 7) is 2.28. The van der Waals surface area contributed by atoms with Gasteiger partial charge in [0.25, 0.3) is 5.91 Å². The smallest absolute Gasteiger partial charge is 0.251 e. The number of carbonyl (C=O) groups is 2. The zero-order valence-electron chi connectivity index (χ0n) is 17.2. The minimum atomic E-state index is -0.357. The van der Waals surface area contributed by atoms with Gasteiger partial charge in [-0.25, -0.2) is 9.37 Å². The number of hydrogen-bond acceptors (Lipinski definition) is 4. The van der Waals surface area contributed by atoms with Gasteiger partial charge in [0, 0.05) is 29.6 Å². The van der Waals surface area contributed by atoms with E-state index in [-0.39, 0.29) is 29.6 Å². The number of carbonyl (C=O) groups excluding carboxylic acids is 2. The molecule has 1 aromatic heterocycles. The second-order valence-corrected chi connectivity index (χ2v) is 9.51. The molecule has 0 spiro atoms. The third-order valence-electron chi connectivity index (χ3n) is 6.31. The molecule has 1 atom stereocenters. The van der Waals surface area contributed by atoms with Crippen LogP contribution in [0.3, 0.4) is 0 Å². The number of benzene rings is 1. The Labute approximate surface area is 180 Å². The maximum Gasteiger partial charge on any atom is 0.251 e. The molecule has 1 unspecified atom stereocenters. The van der Waals surface area contributed by atoms with E-state index in [2.05, 4.69) is 15.6 Å². The highest BCUT2D eigenvalue weighted by molar-refractivity contribution is 7.09. The van der Waals surface area contributed by atoms with Crippen molar-refractivity contribution in [2.45, 2.75) is 51.5 Å². The van der Waals surface area contributed by atoms with E-state index in [0.717, 1.165) is 43.5 Å². The zero-order valence-corrected chi connectivity index (χ0v) is 18.0. The molecule has 5 nitrogen and oxygen atoms in total. The fraction of sp³-hybridized carbons (Fsp3) is 0.522. The van der Waals surface area contributed by atoms with Crippen molar-refractivity contribution in [2.24, 2.45) is 17.8 Å². The summed E-state index contributed by atoms with van der Waals surface area (Å²) in [6.07, 6.45) is 7.76. The molecule has 2 aliphatic carbocycles. The highest BCUT2D eigenvalue weighted by atomic mass is 32.1. The van der Waals surface area contributed by atoms with Crippen molar-refractivity contribution in [3.8, 4) is 0 Å². The van der Waals surface area contributed by atoms with Gasteiger partial charge in [0.15, 0.2) is 0 Å². The predicted molar refractivity (Wildman–Crippen MR) is 115 cm³/mol. The van der Waals surface area contributed by atoms with Gasteiger partial charge < -0.3 is 10.6 Å². The lowest BCUT2D eigenvalue weighted by Crippen LogP contribution is -2.37. The summed E-state index contributed by atoms with van der Waals surface area (Å²) in [7, 11) is 0. The molecule has 0 bridgehead atoms. The monoisotopic (exact) mass is 429 g/mol. The van der Waals surface area contributed by atoms with Gasteiger partial charge >= 0.3 is 0 Å². The summed E-state index contributed by atoms with van der Waals surface area (Å²) >= 11 is 1.60. The average molecular weight is 430 g/mol. The van der Waals surface area contributed by atoms with Gasteiger partial charge in [-0.2, -0.15) is 0 Å². The third kappa shape index (κ3) is 5.06. The minimum absolute atomic E-state index is 0.0100. The fourth-order valence-corrected chi connectivity index (χ4v) is 4.97. The highest BCUT2D eigenvalue weighted by Gasteiger charge is 2.35. The lowest BCUT2D eigenvalue weighted by molar-refractivity contribution is -0.123. The molecule has 4 rings (SSSR count). The van der Waals surface area contributed by atoms with E-state index in [4.69, 9.17) is 0 Å². The van der Waals surface area contributed by atoms with Crippen LogP contribution in [0.1, 0.15) is 65.5 Å². The quantitative estimate of drug-likeness (QED) is 0.686. The number of halogens is 1. The first-order valence-electron chi connectivity index (χ1n) is 10.8. The maximum atomic E-state index is 13.7. The lowest BCUT2D eigenvalue weighted by atomic mass is 9.78. The molecule has 1 aromatic carbocycles. The molecule has 2 aromatic rings. The Morgan fingerprint density at radius 1 is 1.20 bits per heavy atom. The number of amides is 2. The van der Waals surface area contributed by atoms with E-state index in [0.29, 0.717) is 29.5 Å². The van der Waals surface area contributed by atoms with Crippen molar-refractivity contribution >= 4 is 23.2 Å². The Balaban J connectivity index is 1.29. The number of thiazole rings is 1. The SMILES string of the molecule is Cc1ccc(C(=O)NCC2CCC(C(NC(=O)C3CC3)c3nccs3)CC2)cc1F. The second kappa shape index (κ2) is 9.25. The standard InChI is InChI=1S/C23H28FN3O2S/c1-14-2-5-18(12-19(14)24)21(28)26-13-15-3-6-16(7-4-15)20(23-25-10-11-30-23)27-22(29)17-8-9-17/h2,5,10-12,15-17,20H,3-4,6-9,13H2,1H3,(H,26,28)(H,27,29). The van der Waals surface area contributed by atoms with Crippen LogP contribution in [0.15, 0.2) is 29.8 Å². The molecule has 30 heavy (non-hydrogen) atoms. The first kappa shape index (κ1) is 21.0. The topological polar surface area (TPSA) is 71.1 Å². The number of nitrogens with one attached hydrogen (secondary N) is 2. The Kier molecular flexibility index (Phi) is 6.46. The summed E-state index contributed by atoms with van der Waals surface area (Å²) in [5.74, 6) is 0.534. The van der Waals surface area contributed by atoms with Crippen molar-refractivity contribution in [1.82, 2.24) is 15.6 Å². The van der Waals surface area contributed by atoms with E-state index < -0.39 is 0 Å². The first-order chi connectivity index (χ1) is 14.5. The minimum Gasteiger partial charge on any atom is -0.352 e.